The van der Waals surface area contributed by atoms with Gasteiger partial charge in [0, 0.05) is 0 Å². The fourth-order valence-corrected chi connectivity index (χ4v) is 0.533. The quantitative estimate of drug-likeness (QED) is 0.295. The molecule has 0 rings (SSSR count). The van der Waals surface area contributed by atoms with Gasteiger partial charge >= 0.3 is 22.5 Å². The van der Waals surface area contributed by atoms with E-state index in [9.17, 15) is 46.1 Å². The van der Waals surface area contributed by atoms with E-state index < -0.39 is 35.4 Å². The molecule has 0 fully saturated rings. The molecule has 0 aliphatic rings. The van der Waals surface area contributed by atoms with Crippen LogP contribution in [-0.4, -0.2) is 39.5 Å². The van der Waals surface area contributed by atoms with Gasteiger partial charge < -0.3 is 15.7 Å². The Morgan fingerprint density at radius 1 is 0.773 bits per heavy atom. The summed E-state index contributed by atoms with van der Waals surface area (Å²) in [6.45, 7) is 1.76. The molecule has 0 amide bonds. The second-order valence-corrected chi connectivity index (χ2v) is 3.23. The molecule has 124 valence electrons. The Balaban J connectivity index is -0.000000135. The van der Waals surface area contributed by atoms with Crippen LogP contribution in [0.3, 0.4) is 0 Å². The SMILES string of the molecule is CC(=O)C=C([O-])C(F)(F)F.CC(=O)C=C([O-])C(F)(F)F.O.[Be+2]. The minimum atomic E-state index is -4.92. The van der Waals surface area contributed by atoms with Crippen molar-refractivity contribution in [2.24, 2.45) is 0 Å². The zero-order valence-electron chi connectivity index (χ0n) is 11.3. The minimum absolute atomic E-state index is 0. The zero-order valence-corrected chi connectivity index (χ0v) is 11.3. The summed E-state index contributed by atoms with van der Waals surface area (Å²) in [6.07, 6.45) is -9.82. The Morgan fingerprint density at radius 2 is 0.955 bits per heavy atom. The van der Waals surface area contributed by atoms with E-state index in [-0.39, 0.29) is 27.7 Å². The third-order valence-electron chi connectivity index (χ3n) is 1.23. The number of halogens is 6. The molecule has 0 radical (unpaired) electrons. The predicted molar refractivity (Wildman–Crippen MR) is 59.0 cm³/mol. The molecule has 2 N–H and O–H groups in total. The molecule has 0 atom stereocenters. The molecule has 5 nitrogen and oxygen atoms in total. The van der Waals surface area contributed by atoms with Crippen LogP contribution >= 0.6 is 0 Å². The van der Waals surface area contributed by atoms with E-state index in [1.807, 2.05) is 0 Å². The summed E-state index contributed by atoms with van der Waals surface area (Å²) in [5.41, 5.74) is 0. The first kappa shape index (κ1) is 28.3. The van der Waals surface area contributed by atoms with Gasteiger partial charge in [0.15, 0.2) is 11.6 Å². The molecule has 0 saturated carbocycles. The van der Waals surface area contributed by atoms with Gasteiger partial charge in [-0.25, -0.2) is 0 Å². The smallest absolute Gasteiger partial charge is 0.869 e. The van der Waals surface area contributed by atoms with E-state index in [1.54, 1.807) is 0 Å². The van der Waals surface area contributed by atoms with Crippen molar-refractivity contribution in [2.75, 3.05) is 0 Å². The van der Waals surface area contributed by atoms with Gasteiger partial charge in [-0.15, -0.1) is 0 Å². The van der Waals surface area contributed by atoms with E-state index in [1.165, 1.54) is 0 Å². The third kappa shape index (κ3) is 16.2. The summed E-state index contributed by atoms with van der Waals surface area (Å²) in [4.78, 5) is 19.8. The van der Waals surface area contributed by atoms with E-state index in [2.05, 4.69) is 0 Å². The molecule has 22 heavy (non-hydrogen) atoms. The molecule has 0 spiro atoms. The Hall–Kier alpha value is -1.87. The second-order valence-electron chi connectivity index (χ2n) is 3.23. The van der Waals surface area contributed by atoms with Crippen LogP contribution < -0.4 is 10.2 Å². The van der Waals surface area contributed by atoms with Gasteiger partial charge in [-0.3, -0.25) is 9.59 Å². The van der Waals surface area contributed by atoms with Gasteiger partial charge in [-0.2, -0.15) is 26.3 Å². The number of allylic oxidation sites excluding steroid dienone is 4. The second kappa shape index (κ2) is 10.8. The number of hydrogen-bond donors (Lipinski definition) is 0. The van der Waals surface area contributed by atoms with Gasteiger partial charge in [-0.1, -0.05) is 0 Å². The van der Waals surface area contributed by atoms with Gasteiger partial charge in [-0.05, 0) is 37.5 Å². The molecule has 0 aromatic carbocycles. The zero-order chi connectivity index (χ0) is 16.7. The molecule has 0 aromatic heterocycles. The first-order chi connectivity index (χ1) is 8.67. The standard InChI is InChI=1S/2C5H5F3O2.Be.H2O/c2*1-3(9)2-4(10)5(6,7)8;;/h2*2,10H,1H3;;1H2/q;;+2;/p-2. The maximum absolute atomic E-state index is 11.3. The molecular formula is C10H10BeF6O5. The van der Waals surface area contributed by atoms with Gasteiger partial charge in [0.05, 0.1) is 0 Å². The van der Waals surface area contributed by atoms with Crippen molar-refractivity contribution in [1.82, 2.24) is 0 Å². The number of hydrogen-bond acceptors (Lipinski definition) is 4. The first-order valence-electron chi connectivity index (χ1n) is 4.61. The molecule has 12 heteroatoms. The number of rotatable bonds is 2. The fourth-order valence-electron chi connectivity index (χ4n) is 0.533. The van der Waals surface area contributed by atoms with E-state index >= 15 is 0 Å². The molecular weight excluding hydrogens is 323 g/mol. The van der Waals surface area contributed by atoms with E-state index in [0.717, 1.165) is 13.8 Å². The van der Waals surface area contributed by atoms with Gasteiger partial charge in [0.25, 0.3) is 0 Å². The van der Waals surface area contributed by atoms with E-state index in [0.29, 0.717) is 0 Å². The molecule has 0 bridgehead atoms. The molecule has 0 aliphatic heterocycles. The van der Waals surface area contributed by atoms with Crippen molar-refractivity contribution in [1.29, 1.82) is 0 Å². The van der Waals surface area contributed by atoms with E-state index in [4.69, 9.17) is 0 Å². The van der Waals surface area contributed by atoms with Crippen molar-refractivity contribution in [3.05, 3.63) is 23.7 Å². The van der Waals surface area contributed by atoms with Crippen LogP contribution in [-0.2, 0) is 9.59 Å². The van der Waals surface area contributed by atoms with Crippen molar-refractivity contribution in [2.45, 2.75) is 26.2 Å². The summed E-state index contributed by atoms with van der Waals surface area (Å²) in [5.74, 6) is -6.02. The number of carbonyl (C=O) groups is 2. The topological polar surface area (TPSA) is 112 Å². The average molecular weight is 333 g/mol. The Morgan fingerprint density at radius 3 is 1.00 bits per heavy atom. The maximum Gasteiger partial charge on any atom is 2.00 e. The minimum Gasteiger partial charge on any atom is -0.869 e. The average Bonchev–Trinajstić information content (AvgIpc) is 2.13. The molecule has 0 unspecified atom stereocenters. The molecule has 0 heterocycles. The van der Waals surface area contributed by atoms with Crippen molar-refractivity contribution >= 4 is 21.7 Å². The van der Waals surface area contributed by atoms with Crippen LogP contribution in [0.4, 0.5) is 26.3 Å². The Bertz CT molecular complexity index is 385. The summed E-state index contributed by atoms with van der Waals surface area (Å²) in [6, 6.07) is 0. The monoisotopic (exact) mass is 333 g/mol. The summed E-state index contributed by atoms with van der Waals surface area (Å²) in [5, 5.41) is 19.7. The summed E-state index contributed by atoms with van der Waals surface area (Å²) >= 11 is 0. The summed E-state index contributed by atoms with van der Waals surface area (Å²) < 4.78 is 67.7. The van der Waals surface area contributed by atoms with Crippen molar-refractivity contribution in [3.63, 3.8) is 0 Å². The maximum atomic E-state index is 11.3. The van der Waals surface area contributed by atoms with Gasteiger partial charge in [0.2, 0.25) is 0 Å². The predicted octanol–water partition coefficient (Wildman–Crippen LogP) is -0.442. The van der Waals surface area contributed by atoms with Crippen LogP contribution in [0.1, 0.15) is 13.8 Å². The first-order valence-corrected chi connectivity index (χ1v) is 4.61. The van der Waals surface area contributed by atoms with Crippen LogP contribution in [0.2, 0.25) is 0 Å². The van der Waals surface area contributed by atoms with Crippen LogP contribution in [0.15, 0.2) is 23.7 Å². The van der Waals surface area contributed by atoms with Crippen LogP contribution in [0, 0.1) is 0 Å². The largest absolute Gasteiger partial charge is 2.00 e. The fraction of sp³-hybridized carbons (Fsp3) is 0.400. The number of alkyl halides is 6. The summed E-state index contributed by atoms with van der Waals surface area (Å²) in [7, 11) is 0. The number of ketones is 2. The van der Waals surface area contributed by atoms with Crippen LogP contribution in [0.25, 0.3) is 0 Å². The normalized spacial score (nSPS) is 12.2. The molecule has 0 aromatic rings. The third-order valence-corrected chi connectivity index (χ3v) is 1.23. The Labute approximate surface area is 124 Å². The van der Waals surface area contributed by atoms with Gasteiger partial charge in [0.1, 0.15) is 0 Å². The van der Waals surface area contributed by atoms with Crippen molar-refractivity contribution < 1.29 is 51.6 Å². The molecule has 0 saturated heterocycles. The van der Waals surface area contributed by atoms with Crippen LogP contribution in [0.5, 0.6) is 0 Å². The van der Waals surface area contributed by atoms with Crippen molar-refractivity contribution in [3.8, 4) is 0 Å². The molecule has 0 aliphatic carbocycles. The Kier molecular flexibility index (Phi) is 13.9. The number of carbonyl (C=O) groups excluding carboxylic acids is 2.